The molecule has 0 aliphatic rings. The van der Waals surface area contributed by atoms with Crippen LogP contribution < -0.4 is 5.32 Å². The van der Waals surface area contributed by atoms with Crippen LogP contribution in [0.25, 0.3) is 0 Å². The Balaban J connectivity index is 2.56. The lowest BCUT2D eigenvalue weighted by molar-refractivity contribution is 0.754. The molecule has 0 spiro atoms. The summed E-state index contributed by atoms with van der Waals surface area (Å²) in [4.78, 5) is 4.24. The maximum Gasteiger partial charge on any atom is 0.127 e. The van der Waals surface area contributed by atoms with Gasteiger partial charge >= 0.3 is 0 Å². The van der Waals surface area contributed by atoms with Gasteiger partial charge in [-0.05, 0) is 6.42 Å². The Kier molecular flexibility index (Phi) is 4.76. The number of rotatable bonds is 4. The number of hydrogen-bond acceptors (Lipinski definition) is 1. The zero-order chi connectivity index (χ0) is 10.2. The SMILES string of the molecule is CCCCNC(=NC)c1ccccc1. The summed E-state index contributed by atoms with van der Waals surface area (Å²) in [5.74, 6) is 0.985. The van der Waals surface area contributed by atoms with Crippen LogP contribution in [0.15, 0.2) is 35.3 Å². The number of aliphatic imine (C=N–C) groups is 1. The van der Waals surface area contributed by atoms with E-state index < -0.39 is 0 Å². The molecular formula is C12H18N2. The van der Waals surface area contributed by atoms with Gasteiger partial charge < -0.3 is 5.32 Å². The number of unbranched alkanes of at least 4 members (excludes halogenated alkanes) is 1. The van der Waals surface area contributed by atoms with Crippen molar-refractivity contribution in [2.45, 2.75) is 19.8 Å². The van der Waals surface area contributed by atoms with Crippen molar-refractivity contribution in [3.8, 4) is 0 Å². The van der Waals surface area contributed by atoms with Gasteiger partial charge in [0.05, 0.1) is 0 Å². The van der Waals surface area contributed by atoms with Crippen LogP contribution in [0.4, 0.5) is 0 Å². The maximum absolute atomic E-state index is 4.24. The third-order valence-electron chi connectivity index (χ3n) is 2.09. The molecule has 1 N–H and O–H groups in total. The average Bonchev–Trinajstić information content (AvgIpc) is 2.26. The summed E-state index contributed by atoms with van der Waals surface area (Å²) in [6.07, 6.45) is 2.39. The van der Waals surface area contributed by atoms with Crippen LogP contribution in [0.5, 0.6) is 0 Å². The molecule has 2 heteroatoms. The first kappa shape index (κ1) is 10.8. The van der Waals surface area contributed by atoms with Crippen LogP contribution in [-0.2, 0) is 0 Å². The Hall–Kier alpha value is -1.31. The molecule has 0 heterocycles. The first-order valence-corrected chi connectivity index (χ1v) is 5.14. The zero-order valence-electron chi connectivity index (χ0n) is 8.96. The fourth-order valence-electron chi connectivity index (χ4n) is 1.29. The minimum absolute atomic E-state index is 0.985. The van der Waals surface area contributed by atoms with Gasteiger partial charge in [-0.25, -0.2) is 0 Å². The Labute approximate surface area is 86.1 Å². The van der Waals surface area contributed by atoms with Gasteiger partial charge in [0.15, 0.2) is 0 Å². The Morgan fingerprint density at radius 1 is 1.29 bits per heavy atom. The highest BCUT2D eigenvalue weighted by molar-refractivity contribution is 5.98. The summed E-state index contributed by atoms with van der Waals surface area (Å²) in [6.45, 7) is 3.19. The topological polar surface area (TPSA) is 24.4 Å². The highest BCUT2D eigenvalue weighted by Gasteiger charge is 1.98. The molecule has 0 saturated carbocycles. The minimum atomic E-state index is 0.985. The molecule has 1 aromatic carbocycles. The van der Waals surface area contributed by atoms with Gasteiger partial charge in [-0.3, -0.25) is 4.99 Å². The van der Waals surface area contributed by atoms with Crippen LogP contribution in [-0.4, -0.2) is 19.4 Å². The molecule has 0 saturated heterocycles. The van der Waals surface area contributed by atoms with Crippen LogP contribution in [0.3, 0.4) is 0 Å². The third kappa shape index (κ3) is 3.21. The predicted octanol–water partition coefficient (Wildman–Crippen LogP) is 2.45. The molecule has 0 amide bonds. The second kappa shape index (κ2) is 6.19. The Morgan fingerprint density at radius 3 is 2.57 bits per heavy atom. The predicted molar refractivity (Wildman–Crippen MR) is 61.8 cm³/mol. The van der Waals surface area contributed by atoms with Gasteiger partial charge in [0.2, 0.25) is 0 Å². The quantitative estimate of drug-likeness (QED) is 0.440. The fraction of sp³-hybridized carbons (Fsp3) is 0.417. The van der Waals surface area contributed by atoms with E-state index in [1.54, 1.807) is 0 Å². The van der Waals surface area contributed by atoms with Crippen molar-refractivity contribution in [1.29, 1.82) is 0 Å². The summed E-state index contributed by atoms with van der Waals surface area (Å²) in [5.41, 5.74) is 1.16. The molecule has 0 fully saturated rings. The maximum atomic E-state index is 4.24. The van der Waals surface area contributed by atoms with Crippen molar-refractivity contribution in [3.63, 3.8) is 0 Å². The average molecular weight is 190 g/mol. The van der Waals surface area contributed by atoms with Gasteiger partial charge in [0.25, 0.3) is 0 Å². The molecule has 1 rings (SSSR count). The second-order valence-electron chi connectivity index (χ2n) is 3.22. The van der Waals surface area contributed by atoms with Crippen molar-refractivity contribution in [2.75, 3.05) is 13.6 Å². The van der Waals surface area contributed by atoms with Gasteiger partial charge in [-0.15, -0.1) is 0 Å². The summed E-state index contributed by atoms with van der Waals surface area (Å²) < 4.78 is 0. The first-order valence-electron chi connectivity index (χ1n) is 5.14. The van der Waals surface area contributed by atoms with Crippen LogP contribution in [0, 0.1) is 0 Å². The molecule has 0 bridgehead atoms. The van der Waals surface area contributed by atoms with Crippen molar-refractivity contribution in [3.05, 3.63) is 35.9 Å². The third-order valence-corrected chi connectivity index (χ3v) is 2.09. The lowest BCUT2D eigenvalue weighted by atomic mass is 10.2. The molecule has 0 aliphatic heterocycles. The molecule has 76 valence electrons. The molecule has 0 atom stereocenters. The Bertz CT molecular complexity index is 278. The van der Waals surface area contributed by atoms with Gasteiger partial charge in [-0.1, -0.05) is 43.7 Å². The van der Waals surface area contributed by atoms with E-state index >= 15 is 0 Å². The van der Waals surface area contributed by atoms with Crippen molar-refractivity contribution in [1.82, 2.24) is 5.32 Å². The minimum Gasteiger partial charge on any atom is -0.370 e. The van der Waals surface area contributed by atoms with Crippen molar-refractivity contribution in [2.24, 2.45) is 4.99 Å². The van der Waals surface area contributed by atoms with E-state index in [-0.39, 0.29) is 0 Å². The summed E-state index contributed by atoms with van der Waals surface area (Å²) in [6, 6.07) is 10.2. The van der Waals surface area contributed by atoms with Crippen LogP contribution in [0.1, 0.15) is 25.3 Å². The lowest BCUT2D eigenvalue weighted by Gasteiger charge is -2.08. The second-order valence-corrected chi connectivity index (χ2v) is 3.22. The van der Waals surface area contributed by atoms with Gasteiger partial charge in [0, 0.05) is 19.2 Å². The van der Waals surface area contributed by atoms with E-state index in [0.717, 1.165) is 17.9 Å². The van der Waals surface area contributed by atoms with Crippen LogP contribution in [0.2, 0.25) is 0 Å². The van der Waals surface area contributed by atoms with Crippen molar-refractivity contribution < 1.29 is 0 Å². The zero-order valence-corrected chi connectivity index (χ0v) is 8.96. The van der Waals surface area contributed by atoms with Gasteiger partial charge in [0.1, 0.15) is 5.84 Å². The Morgan fingerprint density at radius 2 is 2.00 bits per heavy atom. The first-order chi connectivity index (χ1) is 6.88. The van der Waals surface area contributed by atoms with Crippen molar-refractivity contribution >= 4 is 5.84 Å². The van der Waals surface area contributed by atoms with Crippen LogP contribution >= 0.6 is 0 Å². The summed E-state index contributed by atoms with van der Waals surface area (Å²) in [5, 5.41) is 3.34. The van der Waals surface area contributed by atoms with E-state index in [9.17, 15) is 0 Å². The molecule has 2 nitrogen and oxygen atoms in total. The normalized spacial score (nSPS) is 11.4. The van der Waals surface area contributed by atoms with E-state index in [0.29, 0.717) is 0 Å². The molecule has 0 aliphatic carbocycles. The highest BCUT2D eigenvalue weighted by Crippen LogP contribution is 1.99. The highest BCUT2D eigenvalue weighted by atomic mass is 15.0. The number of nitrogens with one attached hydrogen (secondary N) is 1. The lowest BCUT2D eigenvalue weighted by Crippen LogP contribution is -2.25. The molecule has 1 aromatic rings. The summed E-state index contributed by atoms with van der Waals surface area (Å²) >= 11 is 0. The smallest absolute Gasteiger partial charge is 0.127 e. The largest absolute Gasteiger partial charge is 0.370 e. The molecule has 0 radical (unpaired) electrons. The van der Waals surface area contributed by atoms with E-state index in [1.165, 1.54) is 12.8 Å². The number of benzene rings is 1. The monoisotopic (exact) mass is 190 g/mol. The molecule has 0 unspecified atom stereocenters. The van der Waals surface area contributed by atoms with E-state index in [2.05, 4.69) is 29.4 Å². The number of amidine groups is 1. The molecular weight excluding hydrogens is 172 g/mol. The van der Waals surface area contributed by atoms with E-state index in [1.807, 2.05) is 25.2 Å². The number of nitrogens with zero attached hydrogens (tertiary/aromatic N) is 1. The standard InChI is InChI=1S/C12H18N2/c1-3-4-10-14-12(13-2)11-8-6-5-7-9-11/h5-9H,3-4,10H2,1-2H3,(H,13,14). The summed E-state index contributed by atoms with van der Waals surface area (Å²) in [7, 11) is 1.82. The number of hydrogen-bond donors (Lipinski definition) is 1. The molecule has 14 heavy (non-hydrogen) atoms. The molecule has 0 aromatic heterocycles. The van der Waals surface area contributed by atoms with Gasteiger partial charge in [-0.2, -0.15) is 0 Å². The van der Waals surface area contributed by atoms with E-state index in [4.69, 9.17) is 0 Å². The fourth-order valence-corrected chi connectivity index (χ4v) is 1.29.